The Morgan fingerprint density at radius 3 is 2.50 bits per heavy atom. The van der Waals surface area contributed by atoms with Crippen LogP contribution in [0, 0.1) is 0 Å². The fraction of sp³-hybridized carbons (Fsp3) is 0.375. The molecule has 1 aromatic carbocycles. The Labute approximate surface area is 144 Å². The molecule has 0 amide bonds. The molecule has 0 atom stereocenters. The normalized spacial score (nSPS) is 16.5. The molecule has 1 saturated heterocycles. The summed E-state index contributed by atoms with van der Waals surface area (Å²) in [4.78, 5) is 19.0. The van der Waals surface area contributed by atoms with Crippen LogP contribution in [-0.2, 0) is 12.5 Å². The Balaban J connectivity index is 1.93. The number of rotatable bonds is 4. The third kappa shape index (κ3) is 3.61. The van der Waals surface area contributed by atoms with Crippen LogP contribution in [0.3, 0.4) is 0 Å². The first-order valence-electron chi connectivity index (χ1n) is 7.62. The van der Waals surface area contributed by atoms with Gasteiger partial charge in [-0.05, 0) is 11.6 Å². The number of aromatic amines is 1. The Kier molecular flexibility index (Phi) is 4.57. The lowest BCUT2D eigenvalue weighted by Gasteiger charge is -2.35. The van der Waals surface area contributed by atoms with Crippen molar-refractivity contribution < 1.29 is 27.1 Å². The van der Waals surface area contributed by atoms with Gasteiger partial charge in [-0.1, -0.05) is 18.2 Å². The maximum atomic E-state index is 13.5. The molecular formula is C16H14F5N3O2. The molecule has 26 heavy (non-hydrogen) atoms. The van der Waals surface area contributed by atoms with Gasteiger partial charge in [0, 0.05) is 31.3 Å². The van der Waals surface area contributed by atoms with Crippen LogP contribution in [-0.4, -0.2) is 45.3 Å². The Morgan fingerprint density at radius 2 is 1.88 bits per heavy atom. The largest absolute Gasteiger partial charge is 0.459 e. The molecule has 1 fully saturated rings. The number of aromatic nitrogens is 2. The van der Waals surface area contributed by atoms with Gasteiger partial charge in [-0.25, -0.2) is 4.98 Å². The van der Waals surface area contributed by atoms with Crippen LogP contribution in [0.1, 0.15) is 11.3 Å². The number of nitrogens with zero attached hydrogens (tertiary/aromatic N) is 2. The molecule has 0 aliphatic carbocycles. The summed E-state index contributed by atoms with van der Waals surface area (Å²) in [6.07, 6.45) is -6.25. The Hall–Kier alpha value is -2.33. The predicted octanol–water partition coefficient (Wildman–Crippen LogP) is 2.27. The minimum Gasteiger partial charge on any atom is -0.390 e. The van der Waals surface area contributed by atoms with Gasteiger partial charge in [-0.2, -0.15) is 22.0 Å². The second-order valence-electron chi connectivity index (χ2n) is 6.10. The number of nitrogens with one attached hydrogen (secondary N) is 1. The molecule has 3 rings (SSSR count). The molecule has 10 heteroatoms. The fourth-order valence-corrected chi connectivity index (χ4v) is 2.65. The molecule has 1 aliphatic rings. The van der Waals surface area contributed by atoms with Gasteiger partial charge in [0.2, 0.25) is 0 Å². The Bertz CT molecular complexity index is 859. The number of benzene rings is 1. The highest BCUT2D eigenvalue weighted by Gasteiger charge is 2.60. The summed E-state index contributed by atoms with van der Waals surface area (Å²) in [6.45, 7) is 1.45. The summed E-state index contributed by atoms with van der Waals surface area (Å²) in [5.74, 6) is -5.61. The monoisotopic (exact) mass is 375 g/mol. The summed E-state index contributed by atoms with van der Waals surface area (Å²) in [7, 11) is 0. The lowest BCUT2D eigenvalue weighted by Crippen LogP contribution is -2.49. The lowest BCUT2D eigenvalue weighted by atomic mass is 10.1. The van der Waals surface area contributed by atoms with Crippen LogP contribution in [0.2, 0.25) is 0 Å². The fourth-order valence-electron chi connectivity index (χ4n) is 2.65. The second-order valence-corrected chi connectivity index (χ2v) is 6.10. The topological polar surface area (TPSA) is 69.2 Å². The zero-order chi connectivity index (χ0) is 19.1. The van der Waals surface area contributed by atoms with E-state index < -0.39 is 29.5 Å². The van der Waals surface area contributed by atoms with Crippen LogP contribution in [0.4, 0.5) is 22.0 Å². The molecule has 0 saturated carbocycles. The van der Waals surface area contributed by atoms with Gasteiger partial charge < -0.3 is 10.1 Å². The second kappa shape index (κ2) is 6.44. The van der Waals surface area contributed by atoms with E-state index in [9.17, 15) is 31.9 Å². The summed E-state index contributed by atoms with van der Waals surface area (Å²) >= 11 is 0. The average Bonchev–Trinajstić information content (AvgIpc) is 2.52. The van der Waals surface area contributed by atoms with Crippen LogP contribution < -0.4 is 5.56 Å². The highest BCUT2D eigenvalue weighted by Crippen LogP contribution is 2.42. The molecule has 1 aromatic heterocycles. The third-order valence-electron chi connectivity index (χ3n) is 3.96. The molecule has 2 heterocycles. The number of hydrogen-bond acceptors (Lipinski definition) is 4. The third-order valence-corrected chi connectivity index (χ3v) is 3.96. The average molecular weight is 375 g/mol. The van der Waals surface area contributed by atoms with E-state index in [-0.39, 0.29) is 17.5 Å². The first-order valence-corrected chi connectivity index (χ1v) is 7.62. The number of alkyl halides is 5. The van der Waals surface area contributed by atoms with E-state index in [0.717, 1.165) is 5.56 Å². The number of β-amino-alcohol motifs (C(OH)–C–C–N with tert-alkyl or cyclic N) is 1. The van der Waals surface area contributed by atoms with Crippen molar-refractivity contribution >= 4 is 0 Å². The molecule has 5 nitrogen and oxygen atoms in total. The molecule has 0 bridgehead atoms. The maximum absolute atomic E-state index is 13.5. The van der Waals surface area contributed by atoms with Crippen molar-refractivity contribution in [2.75, 3.05) is 13.1 Å². The van der Waals surface area contributed by atoms with Gasteiger partial charge in [-0.15, -0.1) is 0 Å². The van der Waals surface area contributed by atoms with Crippen molar-refractivity contribution in [3.05, 3.63) is 51.9 Å². The van der Waals surface area contributed by atoms with Crippen molar-refractivity contribution in [1.82, 2.24) is 14.9 Å². The van der Waals surface area contributed by atoms with E-state index in [2.05, 4.69) is 9.97 Å². The van der Waals surface area contributed by atoms with Crippen molar-refractivity contribution in [3.8, 4) is 11.4 Å². The highest BCUT2D eigenvalue weighted by atomic mass is 19.4. The number of aliphatic hydroxyl groups excluding tert-OH is 1. The summed E-state index contributed by atoms with van der Waals surface area (Å²) in [6, 6.07) is 6.44. The van der Waals surface area contributed by atoms with Crippen molar-refractivity contribution in [1.29, 1.82) is 0 Å². The minimum absolute atomic E-state index is 0.141. The molecule has 0 spiro atoms. The summed E-state index contributed by atoms with van der Waals surface area (Å²) in [5.41, 5.74) is -1.81. The summed E-state index contributed by atoms with van der Waals surface area (Å²) < 4.78 is 64.6. The maximum Gasteiger partial charge on any atom is 0.459 e. The highest BCUT2D eigenvalue weighted by molar-refractivity contribution is 5.56. The van der Waals surface area contributed by atoms with Crippen LogP contribution in [0.25, 0.3) is 11.4 Å². The SMILES string of the molecule is O=c1cc(C(F)(F)C(F)(F)F)nc(-c2cccc(CN3CC(O)C3)c2)[nH]1. The van der Waals surface area contributed by atoms with Gasteiger partial charge in [-0.3, -0.25) is 9.69 Å². The Morgan fingerprint density at radius 1 is 1.19 bits per heavy atom. The van der Waals surface area contributed by atoms with Crippen LogP contribution in [0.15, 0.2) is 35.1 Å². The molecular weight excluding hydrogens is 361 g/mol. The van der Waals surface area contributed by atoms with Gasteiger partial charge in [0.1, 0.15) is 11.5 Å². The van der Waals surface area contributed by atoms with Gasteiger partial charge in [0.05, 0.1) is 6.10 Å². The van der Waals surface area contributed by atoms with E-state index in [4.69, 9.17) is 0 Å². The van der Waals surface area contributed by atoms with Crippen molar-refractivity contribution in [3.63, 3.8) is 0 Å². The molecule has 2 N–H and O–H groups in total. The van der Waals surface area contributed by atoms with Crippen LogP contribution >= 0.6 is 0 Å². The van der Waals surface area contributed by atoms with Gasteiger partial charge in [0.25, 0.3) is 5.56 Å². The summed E-state index contributed by atoms with van der Waals surface area (Å²) in [5, 5.41) is 9.28. The molecule has 0 radical (unpaired) electrons. The molecule has 1 aliphatic heterocycles. The number of likely N-dealkylation sites (tertiary alicyclic amines) is 1. The van der Waals surface area contributed by atoms with E-state index in [1.165, 1.54) is 6.07 Å². The van der Waals surface area contributed by atoms with E-state index in [0.29, 0.717) is 19.6 Å². The predicted molar refractivity (Wildman–Crippen MR) is 81.5 cm³/mol. The zero-order valence-corrected chi connectivity index (χ0v) is 13.2. The van der Waals surface area contributed by atoms with E-state index in [1.807, 2.05) is 4.90 Å². The lowest BCUT2D eigenvalue weighted by molar-refractivity contribution is -0.291. The van der Waals surface area contributed by atoms with Crippen molar-refractivity contribution in [2.45, 2.75) is 24.7 Å². The van der Waals surface area contributed by atoms with Crippen LogP contribution in [0.5, 0.6) is 0 Å². The van der Waals surface area contributed by atoms with Gasteiger partial charge in [0.15, 0.2) is 0 Å². The molecule has 2 aromatic rings. The number of hydrogen-bond donors (Lipinski definition) is 2. The van der Waals surface area contributed by atoms with Gasteiger partial charge >= 0.3 is 12.1 Å². The number of aliphatic hydroxyl groups is 1. The number of halogens is 5. The quantitative estimate of drug-likeness (QED) is 0.805. The zero-order valence-electron chi connectivity index (χ0n) is 13.2. The minimum atomic E-state index is -5.86. The van der Waals surface area contributed by atoms with E-state index in [1.54, 1.807) is 18.2 Å². The standard InChI is InChI=1S/C16H14F5N3O2/c17-15(18,16(19,20)21)12-5-13(26)23-14(22-12)10-3-1-2-9(4-10)6-24-7-11(25)8-24/h1-5,11,25H,6-8H2,(H,22,23,26). The first-order chi connectivity index (χ1) is 12.1. The number of H-pyrrole nitrogens is 1. The molecule has 140 valence electrons. The molecule has 0 unspecified atom stereocenters. The smallest absolute Gasteiger partial charge is 0.390 e. The van der Waals surface area contributed by atoms with E-state index >= 15 is 0 Å². The first kappa shape index (κ1) is 18.5. The van der Waals surface area contributed by atoms with Crippen molar-refractivity contribution in [2.24, 2.45) is 0 Å².